The maximum absolute atomic E-state index is 12.7. The standard InChI is InChI=1S/C19H22Cl2N2O3S/c1-26-17-5-2-15(3-6-17)13-22-8-10-23(11-9-22)27(24,25)14-16-4-7-18(20)19(21)12-16/h2-7,12H,8-11,13-14H2,1H3. The zero-order valence-corrected chi connectivity index (χ0v) is 17.4. The molecule has 146 valence electrons. The molecular formula is C19H22Cl2N2O3S. The number of benzene rings is 2. The summed E-state index contributed by atoms with van der Waals surface area (Å²) >= 11 is 11.9. The highest BCUT2D eigenvalue weighted by atomic mass is 35.5. The Balaban J connectivity index is 1.56. The van der Waals surface area contributed by atoms with Crippen molar-refractivity contribution in [1.29, 1.82) is 0 Å². The van der Waals surface area contributed by atoms with E-state index in [4.69, 9.17) is 27.9 Å². The summed E-state index contributed by atoms with van der Waals surface area (Å²) in [4.78, 5) is 2.26. The van der Waals surface area contributed by atoms with Gasteiger partial charge < -0.3 is 4.74 Å². The topological polar surface area (TPSA) is 49.9 Å². The molecule has 0 spiro atoms. The van der Waals surface area contributed by atoms with E-state index in [-0.39, 0.29) is 5.75 Å². The van der Waals surface area contributed by atoms with Crippen molar-refractivity contribution in [2.75, 3.05) is 33.3 Å². The Morgan fingerprint density at radius 3 is 2.15 bits per heavy atom. The van der Waals surface area contributed by atoms with Crippen molar-refractivity contribution in [2.45, 2.75) is 12.3 Å². The highest BCUT2D eigenvalue weighted by Gasteiger charge is 2.27. The molecule has 3 rings (SSSR count). The molecule has 8 heteroatoms. The molecule has 0 amide bonds. The first-order chi connectivity index (χ1) is 12.9. The molecule has 1 heterocycles. The molecule has 27 heavy (non-hydrogen) atoms. The van der Waals surface area contributed by atoms with E-state index in [0.29, 0.717) is 41.8 Å². The Labute approximate surface area is 170 Å². The van der Waals surface area contributed by atoms with Crippen LogP contribution in [0, 0.1) is 0 Å². The first-order valence-electron chi connectivity index (χ1n) is 8.64. The highest BCUT2D eigenvalue weighted by molar-refractivity contribution is 7.88. The second kappa shape index (κ2) is 8.80. The van der Waals surface area contributed by atoms with Gasteiger partial charge in [-0.25, -0.2) is 8.42 Å². The van der Waals surface area contributed by atoms with E-state index in [1.807, 2.05) is 24.3 Å². The minimum absolute atomic E-state index is 0.0671. The fourth-order valence-electron chi connectivity index (χ4n) is 3.09. The van der Waals surface area contributed by atoms with Crippen LogP contribution in [0.5, 0.6) is 5.75 Å². The summed E-state index contributed by atoms with van der Waals surface area (Å²) in [6, 6.07) is 12.9. The van der Waals surface area contributed by atoms with E-state index in [2.05, 4.69) is 4.90 Å². The zero-order chi connectivity index (χ0) is 19.4. The van der Waals surface area contributed by atoms with E-state index >= 15 is 0 Å². The van der Waals surface area contributed by atoms with Gasteiger partial charge in [0, 0.05) is 32.7 Å². The van der Waals surface area contributed by atoms with E-state index < -0.39 is 10.0 Å². The molecule has 1 aliphatic rings. The lowest BCUT2D eigenvalue weighted by Crippen LogP contribution is -2.48. The summed E-state index contributed by atoms with van der Waals surface area (Å²) in [6.45, 7) is 3.17. The third kappa shape index (κ3) is 5.36. The van der Waals surface area contributed by atoms with Crippen LogP contribution in [0.15, 0.2) is 42.5 Å². The molecular weight excluding hydrogens is 407 g/mol. The smallest absolute Gasteiger partial charge is 0.218 e. The average Bonchev–Trinajstić information content (AvgIpc) is 2.66. The third-order valence-electron chi connectivity index (χ3n) is 4.62. The molecule has 2 aromatic carbocycles. The first-order valence-corrected chi connectivity index (χ1v) is 11.0. The third-order valence-corrected chi connectivity index (χ3v) is 7.21. The van der Waals surface area contributed by atoms with Crippen LogP contribution in [0.25, 0.3) is 0 Å². The fourth-order valence-corrected chi connectivity index (χ4v) is 4.91. The molecule has 0 unspecified atom stereocenters. The number of nitrogens with zero attached hydrogens (tertiary/aromatic N) is 2. The summed E-state index contributed by atoms with van der Waals surface area (Å²) in [5.41, 5.74) is 1.83. The molecule has 0 N–H and O–H groups in total. The second-order valence-electron chi connectivity index (χ2n) is 6.53. The van der Waals surface area contributed by atoms with Crippen molar-refractivity contribution >= 4 is 33.2 Å². The number of hydrogen-bond donors (Lipinski definition) is 0. The number of sulfonamides is 1. The van der Waals surface area contributed by atoms with Crippen LogP contribution in [0.4, 0.5) is 0 Å². The molecule has 0 bridgehead atoms. The van der Waals surface area contributed by atoms with Crippen LogP contribution in [-0.2, 0) is 22.3 Å². The summed E-state index contributed by atoms with van der Waals surface area (Å²) in [5.74, 6) is 0.763. The van der Waals surface area contributed by atoms with Crippen LogP contribution in [0.1, 0.15) is 11.1 Å². The molecule has 0 aliphatic carbocycles. The lowest BCUT2D eigenvalue weighted by molar-refractivity contribution is 0.181. The highest BCUT2D eigenvalue weighted by Crippen LogP contribution is 2.24. The maximum Gasteiger partial charge on any atom is 0.218 e. The summed E-state index contributed by atoms with van der Waals surface area (Å²) in [7, 11) is -1.74. The molecule has 0 atom stereocenters. The molecule has 0 radical (unpaired) electrons. The SMILES string of the molecule is COc1ccc(CN2CCN(S(=O)(=O)Cc3ccc(Cl)c(Cl)c3)CC2)cc1. The quantitative estimate of drug-likeness (QED) is 0.704. The Hall–Kier alpha value is -1.31. The van der Waals surface area contributed by atoms with Crippen LogP contribution in [-0.4, -0.2) is 50.9 Å². The summed E-state index contributed by atoms with van der Waals surface area (Å²) in [5, 5.41) is 0.790. The Bertz CT molecular complexity index is 880. The van der Waals surface area contributed by atoms with Crippen molar-refractivity contribution < 1.29 is 13.2 Å². The van der Waals surface area contributed by atoms with E-state index in [0.717, 1.165) is 12.3 Å². The fraction of sp³-hybridized carbons (Fsp3) is 0.368. The van der Waals surface area contributed by atoms with Crippen molar-refractivity contribution in [3.63, 3.8) is 0 Å². The number of halogens is 2. The minimum Gasteiger partial charge on any atom is -0.497 e. The number of methoxy groups -OCH3 is 1. The van der Waals surface area contributed by atoms with Crippen molar-refractivity contribution in [3.8, 4) is 5.75 Å². The van der Waals surface area contributed by atoms with Crippen molar-refractivity contribution in [2.24, 2.45) is 0 Å². The molecule has 1 aliphatic heterocycles. The van der Waals surface area contributed by atoms with E-state index in [9.17, 15) is 8.42 Å². The lowest BCUT2D eigenvalue weighted by Gasteiger charge is -2.34. The first kappa shape index (κ1) is 20.4. The van der Waals surface area contributed by atoms with Gasteiger partial charge in [0.2, 0.25) is 10.0 Å². The van der Waals surface area contributed by atoms with Gasteiger partial charge in [0.15, 0.2) is 0 Å². The predicted octanol–water partition coefficient (Wildman–Crippen LogP) is 3.65. The number of rotatable bonds is 6. The van der Waals surface area contributed by atoms with Crippen LogP contribution in [0.3, 0.4) is 0 Å². The summed E-state index contributed by atoms with van der Waals surface area (Å²) in [6.07, 6.45) is 0. The van der Waals surface area contributed by atoms with Gasteiger partial charge in [0.25, 0.3) is 0 Å². The number of hydrogen-bond acceptors (Lipinski definition) is 4. The second-order valence-corrected chi connectivity index (χ2v) is 9.31. The van der Waals surface area contributed by atoms with Gasteiger partial charge >= 0.3 is 0 Å². The van der Waals surface area contributed by atoms with E-state index in [1.165, 1.54) is 5.56 Å². The molecule has 1 fully saturated rings. The summed E-state index contributed by atoms with van der Waals surface area (Å²) < 4.78 is 32.1. The van der Waals surface area contributed by atoms with Crippen LogP contribution in [0.2, 0.25) is 10.0 Å². The van der Waals surface area contributed by atoms with Crippen molar-refractivity contribution in [1.82, 2.24) is 9.21 Å². The molecule has 0 saturated carbocycles. The zero-order valence-electron chi connectivity index (χ0n) is 15.1. The van der Waals surface area contributed by atoms with Gasteiger partial charge in [-0.2, -0.15) is 4.31 Å². The van der Waals surface area contributed by atoms with Gasteiger partial charge in [0.05, 0.1) is 22.9 Å². The molecule has 5 nitrogen and oxygen atoms in total. The van der Waals surface area contributed by atoms with Crippen LogP contribution < -0.4 is 4.74 Å². The molecule has 2 aromatic rings. The maximum atomic E-state index is 12.7. The Morgan fingerprint density at radius 2 is 1.56 bits per heavy atom. The van der Waals surface area contributed by atoms with Gasteiger partial charge in [-0.15, -0.1) is 0 Å². The molecule has 0 aromatic heterocycles. The average molecular weight is 429 g/mol. The largest absolute Gasteiger partial charge is 0.497 e. The van der Waals surface area contributed by atoms with Gasteiger partial charge in [0.1, 0.15) is 5.75 Å². The Morgan fingerprint density at radius 1 is 0.926 bits per heavy atom. The minimum atomic E-state index is -3.38. The monoisotopic (exact) mass is 428 g/mol. The predicted molar refractivity (Wildman–Crippen MR) is 109 cm³/mol. The van der Waals surface area contributed by atoms with Gasteiger partial charge in [-0.05, 0) is 35.4 Å². The van der Waals surface area contributed by atoms with Crippen LogP contribution >= 0.6 is 23.2 Å². The normalized spacial score (nSPS) is 16.4. The number of ether oxygens (including phenoxy) is 1. The lowest BCUT2D eigenvalue weighted by atomic mass is 10.2. The Kier molecular flexibility index (Phi) is 6.65. The number of piperazine rings is 1. The van der Waals surface area contributed by atoms with Crippen molar-refractivity contribution in [3.05, 3.63) is 63.6 Å². The van der Waals surface area contributed by atoms with Gasteiger partial charge in [-0.3, -0.25) is 4.90 Å². The van der Waals surface area contributed by atoms with E-state index in [1.54, 1.807) is 29.6 Å². The molecule has 1 saturated heterocycles. The van der Waals surface area contributed by atoms with Gasteiger partial charge in [-0.1, -0.05) is 41.4 Å².